The van der Waals surface area contributed by atoms with E-state index in [9.17, 15) is 0 Å². The fourth-order valence-corrected chi connectivity index (χ4v) is 0.738. The van der Waals surface area contributed by atoms with Crippen LogP contribution in [0.4, 0.5) is 0 Å². The highest BCUT2D eigenvalue weighted by molar-refractivity contribution is 9.10. The van der Waals surface area contributed by atoms with Gasteiger partial charge in [0, 0.05) is 6.20 Å². The molecule has 0 bridgehead atoms. The number of halogens is 1. The van der Waals surface area contributed by atoms with Gasteiger partial charge in [0.05, 0.1) is 0 Å². The van der Waals surface area contributed by atoms with Crippen LogP contribution in [0.25, 0.3) is 0 Å². The van der Waals surface area contributed by atoms with Crippen molar-refractivity contribution in [2.45, 2.75) is 6.73 Å². The van der Waals surface area contributed by atoms with Crippen LogP contribution in [0.3, 0.4) is 0 Å². The van der Waals surface area contributed by atoms with Crippen LogP contribution in [0.2, 0.25) is 0 Å². The first-order valence-corrected chi connectivity index (χ1v) is 2.92. The molecule has 0 aliphatic rings. The molecule has 0 saturated heterocycles. The van der Waals surface area contributed by atoms with Gasteiger partial charge in [0.2, 0.25) is 0 Å². The summed E-state index contributed by atoms with van der Waals surface area (Å²) in [6.07, 6.45) is 1.68. The maximum atomic E-state index is 8.43. The maximum Gasteiger partial charge on any atom is 0.136 e. The molecule has 0 aliphatic heterocycles. The van der Waals surface area contributed by atoms with Crippen molar-refractivity contribution in [2.24, 2.45) is 0 Å². The molecule has 1 rings (SSSR count). The Labute approximate surface area is 55.1 Å². The lowest BCUT2D eigenvalue weighted by Crippen LogP contribution is -1.95. The van der Waals surface area contributed by atoms with Gasteiger partial charge in [-0.1, -0.05) is 0 Å². The molecule has 0 amide bonds. The van der Waals surface area contributed by atoms with Crippen LogP contribution < -0.4 is 0 Å². The van der Waals surface area contributed by atoms with Crippen LogP contribution in [0.15, 0.2) is 16.9 Å². The van der Waals surface area contributed by atoms with E-state index in [1.165, 1.54) is 4.68 Å². The monoisotopic (exact) mass is 176 g/mol. The second-order valence-electron chi connectivity index (χ2n) is 1.32. The summed E-state index contributed by atoms with van der Waals surface area (Å²) in [5.74, 6) is 0. The smallest absolute Gasteiger partial charge is 0.136 e. The van der Waals surface area contributed by atoms with E-state index in [2.05, 4.69) is 21.0 Å². The van der Waals surface area contributed by atoms with Crippen molar-refractivity contribution in [2.75, 3.05) is 0 Å². The minimum atomic E-state index is -0.0639. The Hall–Kier alpha value is -0.350. The molecule has 0 saturated carbocycles. The molecule has 0 fully saturated rings. The first kappa shape index (κ1) is 5.78. The van der Waals surface area contributed by atoms with Crippen LogP contribution in [0.1, 0.15) is 0 Å². The molecular formula is C4H5BrN2O. The van der Waals surface area contributed by atoms with Gasteiger partial charge in [0.25, 0.3) is 0 Å². The summed E-state index contributed by atoms with van der Waals surface area (Å²) in [5, 5.41) is 12.2. The molecular weight excluding hydrogens is 172 g/mol. The molecule has 1 aromatic rings. The Morgan fingerprint density at radius 3 is 2.88 bits per heavy atom. The first-order chi connectivity index (χ1) is 3.83. The number of aromatic nitrogens is 2. The van der Waals surface area contributed by atoms with Crippen molar-refractivity contribution in [1.29, 1.82) is 0 Å². The third-order valence-electron chi connectivity index (χ3n) is 0.753. The second-order valence-corrected chi connectivity index (χ2v) is 2.13. The molecule has 8 heavy (non-hydrogen) atoms. The normalized spacial score (nSPS) is 9.75. The number of aliphatic hydroxyl groups excluding tert-OH is 1. The zero-order chi connectivity index (χ0) is 5.98. The summed E-state index contributed by atoms with van der Waals surface area (Å²) in [5.41, 5.74) is 0. The van der Waals surface area contributed by atoms with Gasteiger partial charge < -0.3 is 5.11 Å². The highest BCUT2D eigenvalue weighted by atomic mass is 79.9. The molecule has 0 aliphatic carbocycles. The van der Waals surface area contributed by atoms with E-state index < -0.39 is 0 Å². The van der Waals surface area contributed by atoms with Crippen LogP contribution in [0.5, 0.6) is 0 Å². The quantitative estimate of drug-likeness (QED) is 0.681. The van der Waals surface area contributed by atoms with Gasteiger partial charge in [0.1, 0.15) is 11.3 Å². The van der Waals surface area contributed by atoms with Gasteiger partial charge in [0.15, 0.2) is 0 Å². The van der Waals surface area contributed by atoms with Gasteiger partial charge in [-0.2, -0.15) is 5.10 Å². The fourth-order valence-electron chi connectivity index (χ4n) is 0.416. The van der Waals surface area contributed by atoms with Crippen LogP contribution >= 0.6 is 15.9 Å². The number of rotatable bonds is 1. The van der Waals surface area contributed by atoms with Crippen molar-refractivity contribution in [1.82, 2.24) is 9.78 Å². The molecule has 0 unspecified atom stereocenters. The summed E-state index contributed by atoms with van der Waals surface area (Å²) in [6.45, 7) is -0.0639. The van der Waals surface area contributed by atoms with Crippen LogP contribution in [-0.2, 0) is 6.73 Å². The van der Waals surface area contributed by atoms with Gasteiger partial charge in [-0.3, -0.25) is 0 Å². The fraction of sp³-hybridized carbons (Fsp3) is 0.250. The molecule has 0 aromatic carbocycles. The second kappa shape index (κ2) is 2.28. The van der Waals surface area contributed by atoms with E-state index in [1.54, 1.807) is 12.3 Å². The summed E-state index contributed by atoms with van der Waals surface area (Å²) >= 11 is 3.13. The van der Waals surface area contributed by atoms with E-state index in [-0.39, 0.29) is 6.73 Å². The molecule has 1 N–H and O–H groups in total. The molecule has 0 radical (unpaired) electrons. The maximum absolute atomic E-state index is 8.43. The Morgan fingerprint density at radius 1 is 1.88 bits per heavy atom. The summed E-state index contributed by atoms with van der Waals surface area (Å²) < 4.78 is 2.16. The Morgan fingerprint density at radius 2 is 2.62 bits per heavy atom. The molecule has 1 heterocycles. The predicted octanol–water partition coefficient (Wildman–Crippen LogP) is 0.595. The molecule has 1 aromatic heterocycles. The number of aliphatic hydroxyl groups is 1. The lowest BCUT2D eigenvalue weighted by Gasteiger charge is -1.87. The van der Waals surface area contributed by atoms with Crippen molar-refractivity contribution in [3.8, 4) is 0 Å². The average Bonchev–Trinajstić information content (AvgIpc) is 2.14. The van der Waals surface area contributed by atoms with Crippen LogP contribution in [-0.4, -0.2) is 14.9 Å². The van der Waals surface area contributed by atoms with Crippen molar-refractivity contribution < 1.29 is 5.11 Å². The molecule has 3 nitrogen and oxygen atoms in total. The Balaban J connectivity index is 2.84. The lowest BCUT2D eigenvalue weighted by molar-refractivity contribution is 0.195. The highest BCUT2D eigenvalue weighted by Gasteiger charge is 1.88. The molecule has 44 valence electrons. The number of nitrogens with zero attached hydrogens (tertiary/aromatic N) is 2. The van der Waals surface area contributed by atoms with E-state index in [1.807, 2.05) is 0 Å². The largest absolute Gasteiger partial charge is 0.374 e. The lowest BCUT2D eigenvalue weighted by atomic mass is 10.8. The first-order valence-electron chi connectivity index (χ1n) is 2.13. The van der Waals surface area contributed by atoms with E-state index in [0.717, 1.165) is 4.60 Å². The Bertz CT molecular complexity index is 174. The zero-order valence-corrected chi connectivity index (χ0v) is 5.67. The average molecular weight is 177 g/mol. The zero-order valence-electron chi connectivity index (χ0n) is 4.08. The standard InChI is InChI=1S/C4H5BrN2O/c5-4-1-2-7(3-8)6-4/h1-2,8H,3H2. The summed E-state index contributed by atoms with van der Waals surface area (Å²) in [7, 11) is 0. The van der Waals surface area contributed by atoms with Crippen LogP contribution in [0, 0.1) is 0 Å². The minimum absolute atomic E-state index is 0.0639. The van der Waals surface area contributed by atoms with E-state index in [4.69, 9.17) is 5.11 Å². The topological polar surface area (TPSA) is 38.0 Å². The van der Waals surface area contributed by atoms with Crippen molar-refractivity contribution >= 4 is 15.9 Å². The highest BCUT2D eigenvalue weighted by Crippen LogP contribution is 2.02. The van der Waals surface area contributed by atoms with Gasteiger partial charge in [-0.05, 0) is 22.0 Å². The van der Waals surface area contributed by atoms with E-state index in [0.29, 0.717) is 0 Å². The summed E-state index contributed by atoms with van der Waals surface area (Å²) in [6, 6.07) is 1.76. The van der Waals surface area contributed by atoms with Crippen molar-refractivity contribution in [3.63, 3.8) is 0 Å². The third-order valence-corrected chi connectivity index (χ3v) is 1.18. The molecule has 4 heteroatoms. The predicted molar refractivity (Wildman–Crippen MR) is 32.1 cm³/mol. The minimum Gasteiger partial charge on any atom is -0.374 e. The van der Waals surface area contributed by atoms with Gasteiger partial charge in [-0.25, -0.2) is 4.68 Å². The SMILES string of the molecule is OCn1ccc(Br)n1. The van der Waals surface area contributed by atoms with Crippen molar-refractivity contribution in [3.05, 3.63) is 16.9 Å². The van der Waals surface area contributed by atoms with Gasteiger partial charge in [-0.15, -0.1) is 0 Å². The van der Waals surface area contributed by atoms with E-state index >= 15 is 0 Å². The van der Waals surface area contributed by atoms with Gasteiger partial charge >= 0.3 is 0 Å². The summed E-state index contributed by atoms with van der Waals surface area (Å²) in [4.78, 5) is 0. The number of hydrogen-bond acceptors (Lipinski definition) is 2. The third kappa shape index (κ3) is 1.08. The molecule has 0 spiro atoms. The number of hydrogen-bond donors (Lipinski definition) is 1. The molecule has 0 atom stereocenters. The Kier molecular flexibility index (Phi) is 1.65.